The minimum Gasteiger partial charge on any atom is -0.377 e. The number of nitrogens with zero attached hydrogens (tertiary/aromatic N) is 2. The van der Waals surface area contributed by atoms with Crippen LogP contribution in [0.5, 0.6) is 0 Å². The molecule has 0 aliphatic carbocycles. The lowest BCUT2D eigenvalue weighted by molar-refractivity contribution is -0.0101. The number of ether oxygens (including phenoxy) is 1. The summed E-state index contributed by atoms with van der Waals surface area (Å²) in [6, 6.07) is 0.249. The third kappa shape index (κ3) is 3.80. The zero-order chi connectivity index (χ0) is 14.6. The van der Waals surface area contributed by atoms with Gasteiger partial charge < -0.3 is 10.1 Å². The van der Waals surface area contributed by atoms with E-state index in [2.05, 4.69) is 54.0 Å². The van der Waals surface area contributed by atoms with Crippen molar-refractivity contribution < 1.29 is 4.74 Å². The molecule has 0 aliphatic heterocycles. The topological polar surface area (TPSA) is 39.1 Å². The smallest absolute Gasteiger partial charge is 0.0778 e. The minimum absolute atomic E-state index is 0.216. The fourth-order valence-electron chi connectivity index (χ4n) is 2.19. The van der Waals surface area contributed by atoms with Crippen LogP contribution in [0.4, 0.5) is 0 Å². The van der Waals surface area contributed by atoms with Crippen molar-refractivity contribution in [1.29, 1.82) is 0 Å². The van der Waals surface area contributed by atoms with E-state index in [0.717, 1.165) is 29.6 Å². The number of hydrogen-bond donors (Lipinski definition) is 1. The van der Waals surface area contributed by atoms with Gasteiger partial charge in [0.15, 0.2) is 0 Å². The van der Waals surface area contributed by atoms with Gasteiger partial charge in [0.05, 0.1) is 21.5 Å². The summed E-state index contributed by atoms with van der Waals surface area (Å²) < 4.78 is 8.73. The molecule has 5 heteroatoms. The monoisotopic (exact) mass is 331 g/mol. The third-order valence-corrected chi connectivity index (χ3v) is 4.63. The van der Waals surface area contributed by atoms with E-state index in [-0.39, 0.29) is 11.6 Å². The second kappa shape index (κ2) is 6.86. The molecule has 0 radical (unpaired) electrons. The van der Waals surface area contributed by atoms with Crippen molar-refractivity contribution in [1.82, 2.24) is 15.1 Å². The van der Waals surface area contributed by atoms with Gasteiger partial charge in [-0.2, -0.15) is 5.10 Å². The molecule has 19 heavy (non-hydrogen) atoms. The van der Waals surface area contributed by atoms with Crippen LogP contribution in [0.2, 0.25) is 0 Å². The summed E-state index contributed by atoms with van der Waals surface area (Å²) in [5, 5.41) is 8.07. The molecule has 1 unspecified atom stereocenters. The summed E-state index contributed by atoms with van der Waals surface area (Å²) >= 11 is 3.68. The molecular weight excluding hydrogens is 306 g/mol. The van der Waals surface area contributed by atoms with Crippen molar-refractivity contribution in [2.45, 2.75) is 52.2 Å². The van der Waals surface area contributed by atoms with E-state index >= 15 is 0 Å². The van der Waals surface area contributed by atoms with Crippen LogP contribution in [0.25, 0.3) is 0 Å². The minimum atomic E-state index is -0.216. The van der Waals surface area contributed by atoms with Crippen LogP contribution in [0.15, 0.2) is 4.47 Å². The largest absolute Gasteiger partial charge is 0.377 e. The van der Waals surface area contributed by atoms with Crippen LogP contribution in [0.1, 0.15) is 39.1 Å². The zero-order valence-corrected chi connectivity index (χ0v) is 14.5. The maximum Gasteiger partial charge on any atom is 0.0778 e. The number of methoxy groups -OCH3 is 1. The molecule has 0 aliphatic rings. The van der Waals surface area contributed by atoms with Crippen molar-refractivity contribution in [3.63, 3.8) is 0 Å². The number of likely N-dealkylation sites (N-methyl/N-ethyl adjacent to an activating group) is 1. The van der Waals surface area contributed by atoms with Crippen LogP contribution in [0.3, 0.4) is 0 Å². The Morgan fingerprint density at radius 1 is 1.42 bits per heavy atom. The Labute approximate surface area is 125 Å². The second-order valence-corrected chi connectivity index (χ2v) is 6.10. The number of rotatable bonds is 7. The molecule has 0 bridgehead atoms. The van der Waals surface area contributed by atoms with Crippen molar-refractivity contribution >= 4 is 15.9 Å². The van der Waals surface area contributed by atoms with Crippen molar-refractivity contribution in [3.05, 3.63) is 15.9 Å². The Hall–Kier alpha value is -0.390. The standard InChI is InChI=1S/C14H26BrN3O/c1-7-10-13(15)11(18(5)17-10)9-12(16-8-2)14(3,4)19-6/h12,16H,7-9H2,1-6H3. The highest BCUT2D eigenvalue weighted by Crippen LogP contribution is 2.26. The lowest BCUT2D eigenvalue weighted by atomic mass is 9.94. The number of hydrogen-bond acceptors (Lipinski definition) is 3. The van der Waals surface area contributed by atoms with Gasteiger partial charge in [-0.25, -0.2) is 0 Å². The molecule has 0 aromatic carbocycles. The van der Waals surface area contributed by atoms with Gasteiger partial charge in [0.1, 0.15) is 0 Å². The predicted octanol–water partition coefficient (Wildman–Crippen LogP) is 2.69. The molecule has 0 fully saturated rings. The van der Waals surface area contributed by atoms with Gasteiger partial charge in [-0.3, -0.25) is 4.68 Å². The molecule has 0 saturated carbocycles. The van der Waals surface area contributed by atoms with E-state index < -0.39 is 0 Å². The number of aromatic nitrogens is 2. The van der Waals surface area contributed by atoms with Crippen LogP contribution in [-0.2, 0) is 24.6 Å². The second-order valence-electron chi connectivity index (χ2n) is 5.31. The Kier molecular flexibility index (Phi) is 6.02. The van der Waals surface area contributed by atoms with Gasteiger partial charge in [0, 0.05) is 26.6 Å². The summed E-state index contributed by atoms with van der Waals surface area (Å²) in [5.74, 6) is 0. The maximum absolute atomic E-state index is 5.63. The highest BCUT2D eigenvalue weighted by molar-refractivity contribution is 9.10. The van der Waals surface area contributed by atoms with Crippen molar-refractivity contribution in [3.8, 4) is 0 Å². The average Bonchev–Trinajstić information content (AvgIpc) is 2.65. The molecule has 0 spiro atoms. The van der Waals surface area contributed by atoms with Gasteiger partial charge in [0.25, 0.3) is 0 Å². The van der Waals surface area contributed by atoms with Crippen molar-refractivity contribution in [2.24, 2.45) is 7.05 Å². The molecule has 0 amide bonds. The first kappa shape index (κ1) is 16.7. The Bertz CT molecular complexity index is 415. The van der Waals surface area contributed by atoms with Gasteiger partial charge in [0.2, 0.25) is 0 Å². The fraction of sp³-hybridized carbons (Fsp3) is 0.786. The summed E-state index contributed by atoms with van der Waals surface area (Å²) in [6.45, 7) is 9.40. The average molecular weight is 332 g/mol. The molecule has 1 aromatic rings. The third-order valence-electron chi connectivity index (χ3n) is 3.72. The van der Waals surface area contributed by atoms with E-state index in [1.54, 1.807) is 7.11 Å². The van der Waals surface area contributed by atoms with Crippen molar-refractivity contribution in [2.75, 3.05) is 13.7 Å². The van der Waals surface area contributed by atoms with Gasteiger partial charge >= 0.3 is 0 Å². The van der Waals surface area contributed by atoms with E-state index in [4.69, 9.17) is 4.74 Å². The van der Waals surface area contributed by atoms with Gasteiger partial charge in [-0.1, -0.05) is 13.8 Å². The summed E-state index contributed by atoms with van der Waals surface area (Å²) in [6.07, 6.45) is 1.83. The quantitative estimate of drug-likeness (QED) is 0.834. The molecule has 0 saturated heterocycles. The number of nitrogens with one attached hydrogen (secondary N) is 1. The predicted molar refractivity (Wildman–Crippen MR) is 82.5 cm³/mol. The molecule has 1 N–H and O–H groups in total. The van der Waals surface area contributed by atoms with Gasteiger partial charge in [-0.15, -0.1) is 0 Å². The maximum atomic E-state index is 5.63. The summed E-state index contributed by atoms with van der Waals surface area (Å²) in [5.41, 5.74) is 2.11. The fourth-order valence-corrected chi connectivity index (χ4v) is 2.97. The lowest BCUT2D eigenvalue weighted by Crippen LogP contribution is -2.49. The lowest BCUT2D eigenvalue weighted by Gasteiger charge is -2.33. The van der Waals surface area contributed by atoms with E-state index in [1.807, 2.05) is 11.7 Å². The van der Waals surface area contributed by atoms with Crippen LogP contribution in [0, 0.1) is 0 Å². The molecule has 4 nitrogen and oxygen atoms in total. The Morgan fingerprint density at radius 2 is 2.05 bits per heavy atom. The van der Waals surface area contributed by atoms with Crippen LogP contribution < -0.4 is 5.32 Å². The number of aryl methyl sites for hydroxylation is 2. The molecule has 1 heterocycles. The normalized spacial score (nSPS) is 13.8. The van der Waals surface area contributed by atoms with Crippen LogP contribution >= 0.6 is 15.9 Å². The van der Waals surface area contributed by atoms with Gasteiger partial charge in [-0.05, 0) is 42.7 Å². The zero-order valence-electron chi connectivity index (χ0n) is 12.9. The Balaban J connectivity index is 3.00. The molecular formula is C14H26BrN3O. The molecule has 1 atom stereocenters. The first-order valence-electron chi connectivity index (χ1n) is 6.86. The first-order chi connectivity index (χ1) is 8.87. The Morgan fingerprint density at radius 3 is 2.47 bits per heavy atom. The molecule has 110 valence electrons. The highest BCUT2D eigenvalue weighted by Gasteiger charge is 2.30. The van der Waals surface area contributed by atoms with Crippen LogP contribution in [-0.4, -0.2) is 35.1 Å². The summed E-state index contributed by atoms with van der Waals surface area (Å²) in [7, 11) is 3.77. The molecule has 1 aromatic heterocycles. The highest BCUT2D eigenvalue weighted by atomic mass is 79.9. The number of halogens is 1. The van der Waals surface area contributed by atoms with E-state index in [0.29, 0.717) is 0 Å². The van der Waals surface area contributed by atoms with E-state index in [9.17, 15) is 0 Å². The van der Waals surface area contributed by atoms with E-state index in [1.165, 1.54) is 5.69 Å². The summed E-state index contributed by atoms with van der Waals surface area (Å²) in [4.78, 5) is 0. The SMILES string of the molecule is CCNC(Cc1c(Br)c(CC)nn1C)C(C)(C)OC. The molecule has 1 rings (SSSR count). The first-order valence-corrected chi connectivity index (χ1v) is 7.65.